The zero-order valence-electron chi connectivity index (χ0n) is 39.8. The zero-order chi connectivity index (χ0) is 42.4. The highest BCUT2D eigenvalue weighted by atomic mass is 16.5. The number of hydrogen-bond donors (Lipinski definition) is 1. The Balaban J connectivity index is 2.44. The third-order valence-electron chi connectivity index (χ3n) is 13.3. The van der Waals surface area contributed by atoms with Crippen molar-refractivity contribution >= 4 is 11.9 Å². The number of rotatable bonds is 42. The number of ether oxygens (including phenoxy) is 2. The first-order chi connectivity index (χ1) is 28.2. The SMILES string of the molecule is CCCCCCCCCOC(=O)C(C)(C)CCCCCCN(CCCO)CCCCCCC1(C(=O)OC(CCCCCCCC)CCCCCCCC)CCCCC1. The number of aliphatic hydroxyl groups is 1. The molecular formula is C52H101NO5. The number of nitrogens with zero attached hydrogens (tertiary/aromatic N) is 1. The lowest BCUT2D eigenvalue weighted by Crippen LogP contribution is -2.37. The summed E-state index contributed by atoms with van der Waals surface area (Å²) in [4.78, 5) is 29.3. The number of aliphatic hydroxyl groups excluding tert-OH is 1. The minimum absolute atomic E-state index is 0.0336. The molecule has 1 fully saturated rings. The number of carbonyl (C=O) groups excluding carboxylic acids is 2. The third-order valence-corrected chi connectivity index (χ3v) is 13.3. The molecule has 0 saturated heterocycles. The molecule has 0 aromatic carbocycles. The smallest absolute Gasteiger partial charge is 0.312 e. The van der Waals surface area contributed by atoms with Gasteiger partial charge in [-0.25, -0.2) is 0 Å². The van der Waals surface area contributed by atoms with Crippen molar-refractivity contribution in [3.63, 3.8) is 0 Å². The molecule has 6 heteroatoms. The van der Waals surface area contributed by atoms with Crippen molar-refractivity contribution in [1.82, 2.24) is 4.90 Å². The maximum Gasteiger partial charge on any atom is 0.312 e. The van der Waals surface area contributed by atoms with Gasteiger partial charge in [0.2, 0.25) is 0 Å². The normalized spacial score (nSPS) is 14.4. The van der Waals surface area contributed by atoms with Crippen LogP contribution in [0.15, 0.2) is 0 Å². The first kappa shape index (κ1) is 54.9. The number of unbranched alkanes of at least 4 members (excludes halogenated alkanes) is 22. The van der Waals surface area contributed by atoms with Crippen LogP contribution < -0.4 is 0 Å². The molecule has 0 aromatic rings. The molecule has 6 nitrogen and oxygen atoms in total. The number of hydrogen-bond acceptors (Lipinski definition) is 6. The van der Waals surface area contributed by atoms with Gasteiger partial charge in [-0.3, -0.25) is 9.59 Å². The summed E-state index contributed by atoms with van der Waals surface area (Å²) in [6, 6.07) is 0. The molecule has 1 N–H and O–H groups in total. The largest absolute Gasteiger partial charge is 0.465 e. The summed E-state index contributed by atoms with van der Waals surface area (Å²) < 4.78 is 12.2. The molecule has 58 heavy (non-hydrogen) atoms. The van der Waals surface area contributed by atoms with Crippen LogP contribution in [0.25, 0.3) is 0 Å². The van der Waals surface area contributed by atoms with E-state index in [0.717, 1.165) is 116 Å². The molecule has 0 aromatic heterocycles. The first-order valence-electron chi connectivity index (χ1n) is 26.0. The predicted molar refractivity (Wildman–Crippen MR) is 248 cm³/mol. The number of esters is 2. The van der Waals surface area contributed by atoms with E-state index in [1.807, 2.05) is 13.8 Å². The van der Waals surface area contributed by atoms with E-state index >= 15 is 0 Å². The maximum absolute atomic E-state index is 14.1. The molecule has 1 rings (SSSR count). The first-order valence-corrected chi connectivity index (χ1v) is 26.0. The van der Waals surface area contributed by atoms with Crippen LogP contribution in [-0.4, -0.2) is 60.9 Å². The van der Waals surface area contributed by atoms with Crippen molar-refractivity contribution in [2.75, 3.05) is 32.8 Å². The van der Waals surface area contributed by atoms with Crippen LogP contribution >= 0.6 is 0 Å². The van der Waals surface area contributed by atoms with Gasteiger partial charge in [-0.05, 0) is 104 Å². The van der Waals surface area contributed by atoms with Crippen LogP contribution in [0.3, 0.4) is 0 Å². The van der Waals surface area contributed by atoms with Crippen LogP contribution in [0.2, 0.25) is 0 Å². The van der Waals surface area contributed by atoms with Gasteiger partial charge in [0, 0.05) is 13.2 Å². The molecule has 0 spiro atoms. The minimum Gasteiger partial charge on any atom is -0.465 e. The van der Waals surface area contributed by atoms with E-state index in [1.165, 1.54) is 141 Å². The van der Waals surface area contributed by atoms with E-state index in [2.05, 4.69) is 25.7 Å². The summed E-state index contributed by atoms with van der Waals surface area (Å²) in [5.74, 6) is 0.111. The molecule has 0 unspecified atom stereocenters. The molecule has 0 amide bonds. The molecule has 0 heterocycles. The van der Waals surface area contributed by atoms with E-state index in [-0.39, 0.29) is 30.1 Å². The fourth-order valence-electron chi connectivity index (χ4n) is 9.19. The van der Waals surface area contributed by atoms with E-state index in [1.54, 1.807) is 0 Å². The van der Waals surface area contributed by atoms with Crippen LogP contribution in [0.5, 0.6) is 0 Å². The summed E-state index contributed by atoms with van der Waals surface area (Å²) in [5, 5.41) is 9.55. The van der Waals surface area contributed by atoms with Crippen LogP contribution in [0.4, 0.5) is 0 Å². The predicted octanol–water partition coefficient (Wildman–Crippen LogP) is 15.3. The van der Waals surface area contributed by atoms with Crippen molar-refractivity contribution in [3.8, 4) is 0 Å². The molecule has 1 aliphatic rings. The second kappa shape index (κ2) is 37.6. The summed E-state index contributed by atoms with van der Waals surface area (Å²) in [6.07, 6.45) is 43.8. The molecule has 1 aliphatic carbocycles. The van der Waals surface area contributed by atoms with Crippen molar-refractivity contribution < 1.29 is 24.2 Å². The van der Waals surface area contributed by atoms with Gasteiger partial charge in [0.25, 0.3) is 0 Å². The molecule has 1 saturated carbocycles. The van der Waals surface area contributed by atoms with Gasteiger partial charge in [0.1, 0.15) is 6.10 Å². The lowest BCUT2D eigenvalue weighted by molar-refractivity contribution is -0.165. The standard InChI is InChI=1S/C52H101NO5/c1-6-9-12-15-18-25-35-47-57-49(55)51(4,5)39-29-21-23-33-43-53(45-36-46-54)44-34-24-22-30-40-52(41-31-26-32-42-52)50(56)58-48(37-27-19-16-13-10-7-2)38-28-20-17-14-11-8-3/h48,54H,6-47H2,1-5H3. The quantitative estimate of drug-likeness (QED) is 0.0488. The highest BCUT2D eigenvalue weighted by Crippen LogP contribution is 2.42. The Morgan fingerprint density at radius 3 is 1.55 bits per heavy atom. The monoisotopic (exact) mass is 820 g/mol. The molecule has 0 bridgehead atoms. The van der Waals surface area contributed by atoms with Gasteiger partial charge in [0.15, 0.2) is 0 Å². The van der Waals surface area contributed by atoms with Gasteiger partial charge in [-0.15, -0.1) is 0 Å². The van der Waals surface area contributed by atoms with E-state index in [0.29, 0.717) is 6.61 Å². The fourth-order valence-corrected chi connectivity index (χ4v) is 9.19. The van der Waals surface area contributed by atoms with Crippen LogP contribution in [-0.2, 0) is 19.1 Å². The third kappa shape index (κ3) is 28.4. The minimum atomic E-state index is -0.409. The Morgan fingerprint density at radius 1 is 0.569 bits per heavy atom. The second-order valence-electron chi connectivity index (χ2n) is 19.4. The molecule has 344 valence electrons. The second-order valence-corrected chi connectivity index (χ2v) is 19.4. The summed E-state index contributed by atoms with van der Waals surface area (Å²) in [5.41, 5.74) is -0.664. The Kier molecular flexibility index (Phi) is 35.6. The molecule has 0 atom stereocenters. The molecule has 0 radical (unpaired) electrons. The zero-order valence-corrected chi connectivity index (χ0v) is 39.8. The van der Waals surface area contributed by atoms with Crippen molar-refractivity contribution in [3.05, 3.63) is 0 Å². The Morgan fingerprint density at radius 2 is 1.02 bits per heavy atom. The van der Waals surface area contributed by atoms with E-state index in [4.69, 9.17) is 9.47 Å². The average Bonchev–Trinajstić information content (AvgIpc) is 3.22. The van der Waals surface area contributed by atoms with Crippen molar-refractivity contribution in [2.45, 2.75) is 278 Å². The lowest BCUT2D eigenvalue weighted by Gasteiger charge is -2.36. The highest BCUT2D eigenvalue weighted by Gasteiger charge is 2.41. The van der Waals surface area contributed by atoms with Crippen molar-refractivity contribution in [2.24, 2.45) is 10.8 Å². The van der Waals surface area contributed by atoms with Gasteiger partial charge < -0.3 is 19.5 Å². The Bertz CT molecular complexity index is 915. The van der Waals surface area contributed by atoms with Gasteiger partial charge in [0.05, 0.1) is 17.4 Å². The van der Waals surface area contributed by atoms with Crippen LogP contribution in [0, 0.1) is 10.8 Å². The van der Waals surface area contributed by atoms with Crippen molar-refractivity contribution in [1.29, 1.82) is 0 Å². The number of carbonyl (C=O) groups is 2. The fraction of sp³-hybridized carbons (Fsp3) is 0.962. The Labute approximate surface area is 361 Å². The van der Waals surface area contributed by atoms with Crippen LogP contribution in [0.1, 0.15) is 272 Å². The molecule has 0 aliphatic heterocycles. The average molecular weight is 820 g/mol. The summed E-state index contributed by atoms with van der Waals surface area (Å²) >= 11 is 0. The molecular weight excluding hydrogens is 719 g/mol. The summed E-state index contributed by atoms with van der Waals surface area (Å²) in [6.45, 7) is 14.8. The Hall–Kier alpha value is -1.14. The summed E-state index contributed by atoms with van der Waals surface area (Å²) in [7, 11) is 0. The maximum atomic E-state index is 14.1. The highest BCUT2D eigenvalue weighted by molar-refractivity contribution is 5.77. The van der Waals surface area contributed by atoms with Gasteiger partial charge >= 0.3 is 11.9 Å². The topological polar surface area (TPSA) is 76.1 Å². The van der Waals surface area contributed by atoms with E-state index < -0.39 is 5.41 Å². The van der Waals surface area contributed by atoms with Gasteiger partial charge in [-0.2, -0.15) is 0 Å². The van der Waals surface area contributed by atoms with Gasteiger partial charge in [-0.1, -0.05) is 181 Å². The lowest BCUT2D eigenvalue weighted by atomic mass is 9.71. The van der Waals surface area contributed by atoms with E-state index in [9.17, 15) is 14.7 Å².